The highest BCUT2D eigenvalue weighted by atomic mass is 16.3. The molecule has 1 aromatic heterocycles. The largest absolute Gasteiger partial charge is 0.383 e. The third kappa shape index (κ3) is 3.25. The topological polar surface area (TPSA) is 38.0 Å². The van der Waals surface area contributed by atoms with E-state index in [1.807, 2.05) is 10.8 Å². The van der Waals surface area contributed by atoms with Gasteiger partial charge in [-0.15, -0.1) is 0 Å². The summed E-state index contributed by atoms with van der Waals surface area (Å²) in [6.07, 6.45) is 5.38. The van der Waals surface area contributed by atoms with Crippen LogP contribution in [0, 0.1) is 5.41 Å². The molecule has 120 valence electrons. The summed E-state index contributed by atoms with van der Waals surface area (Å²) >= 11 is 0. The van der Waals surface area contributed by atoms with Crippen molar-refractivity contribution in [2.75, 3.05) is 0 Å². The Labute approximate surface area is 134 Å². The van der Waals surface area contributed by atoms with Gasteiger partial charge in [0.05, 0.1) is 12.9 Å². The van der Waals surface area contributed by atoms with E-state index in [1.165, 1.54) is 5.56 Å². The van der Waals surface area contributed by atoms with Gasteiger partial charge in [0.25, 0.3) is 0 Å². The molecule has 0 spiro atoms. The maximum atomic E-state index is 11.4. The molecule has 1 unspecified atom stereocenters. The van der Waals surface area contributed by atoms with Gasteiger partial charge in [0, 0.05) is 12.4 Å². The van der Waals surface area contributed by atoms with E-state index >= 15 is 0 Å². The molecule has 0 amide bonds. The minimum absolute atomic E-state index is 0.114. The number of imidazole rings is 1. The molecule has 1 heterocycles. The molecule has 2 rings (SSSR count). The van der Waals surface area contributed by atoms with Crippen LogP contribution >= 0.6 is 0 Å². The SMILES string of the molecule is CC(C)(C)c1ccc(C(O)(Cn2ccnc2)C(C)(C)C)cc1. The lowest BCUT2D eigenvalue weighted by Crippen LogP contribution is -2.43. The average molecular weight is 300 g/mol. The quantitative estimate of drug-likeness (QED) is 0.926. The van der Waals surface area contributed by atoms with Crippen LogP contribution in [0.1, 0.15) is 52.7 Å². The van der Waals surface area contributed by atoms with E-state index < -0.39 is 5.60 Å². The van der Waals surface area contributed by atoms with E-state index in [2.05, 4.69) is 70.8 Å². The molecule has 1 aromatic carbocycles. The molecule has 0 fully saturated rings. The molecule has 0 aliphatic heterocycles. The average Bonchev–Trinajstić information content (AvgIpc) is 2.89. The fourth-order valence-electron chi connectivity index (χ4n) is 2.65. The van der Waals surface area contributed by atoms with Crippen molar-refractivity contribution in [2.24, 2.45) is 5.41 Å². The molecular weight excluding hydrogens is 272 g/mol. The first-order chi connectivity index (χ1) is 10.0. The van der Waals surface area contributed by atoms with Gasteiger partial charge in [-0.3, -0.25) is 0 Å². The Morgan fingerprint density at radius 3 is 1.91 bits per heavy atom. The van der Waals surface area contributed by atoms with Gasteiger partial charge in [-0.1, -0.05) is 65.8 Å². The molecule has 3 nitrogen and oxygen atoms in total. The molecule has 0 saturated carbocycles. The van der Waals surface area contributed by atoms with E-state index in [4.69, 9.17) is 0 Å². The van der Waals surface area contributed by atoms with Gasteiger partial charge in [-0.05, 0) is 22.0 Å². The Kier molecular flexibility index (Phi) is 4.22. The number of rotatable bonds is 3. The van der Waals surface area contributed by atoms with E-state index in [0.29, 0.717) is 6.54 Å². The molecular formula is C19H28N2O. The van der Waals surface area contributed by atoms with E-state index in [0.717, 1.165) is 5.56 Å². The Morgan fingerprint density at radius 1 is 0.955 bits per heavy atom. The second-order valence-electron chi connectivity index (χ2n) is 8.17. The molecule has 0 bridgehead atoms. The normalized spacial score (nSPS) is 15.6. The van der Waals surface area contributed by atoms with Crippen LogP contribution in [-0.2, 0) is 17.6 Å². The molecule has 2 aromatic rings. The molecule has 22 heavy (non-hydrogen) atoms. The van der Waals surface area contributed by atoms with Crippen molar-refractivity contribution < 1.29 is 5.11 Å². The number of aliphatic hydroxyl groups is 1. The molecule has 1 atom stereocenters. The summed E-state index contributed by atoms with van der Waals surface area (Å²) in [6, 6.07) is 8.37. The zero-order chi connectivity index (χ0) is 16.6. The van der Waals surface area contributed by atoms with Crippen molar-refractivity contribution in [1.82, 2.24) is 9.55 Å². The smallest absolute Gasteiger partial charge is 0.112 e. The van der Waals surface area contributed by atoms with Gasteiger partial charge in [-0.25, -0.2) is 4.98 Å². The number of hydrogen-bond acceptors (Lipinski definition) is 2. The third-order valence-electron chi connectivity index (χ3n) is 4.44. The van der Waals surface area contributed by atoms with Crippen molar-refractivity contribution in [3.63, 3.8) is 0 Å². The van der Waals surface area contributed by atoms with Gasteiger partial charge in [0.2, 0.25) is 0 Å². The minimum Gasteiger partial charge on any atom is -0.383 e. The number of nitrogens with zero attached hydrogens (tertiary/aromatic N) is 2. The summed E-state index contributed by atoms with van der Waals surface area (Å²) in [6.45, 7) is 13.3. The summed E-state index contributed by atoms with van der Waals surface area (Å²) < 4.78 is 1.93. The molecule has 3 heteroatoms. The minimum atomic E-state index is -0.954. The highest BCUT2D eigenvalue weighted by molar-refractivity contribution is 5.32. The van der Waals surface area contributed by atoms with Crippen LogP contribution < -0.4 is 0 Å². The summed E-state index contributed by atoms with van der Waals surface area (Å²) in [5.41, 5.74) is 1.09. The van der Waals surface area contributed by atoms with Crippen molar-refractivity contribution in [2.45, 2.75) is 59.1 Å². The maximum absolute atomic E-state index is 11.4. The second kappa shape index (κ2) is 5.54. The van der Waals surface area contributed by atoms with Gasteiger partial charge in [0.1, 0.15) is 5.60 Å². The first kappa shape index (κ1) is 16.8. The molecule has 0 aliphatic rings. The summed E-state index contributed by atoms with van der Waals surface area (Å²) in [7, 11) is 0. The van der Waals surface area contributed by atoms with Crippen molar-refractivity contribution in [3.8, 4) is 0 Å². The van der Waals surface area contributed by atoms with E-state index in [-0.39, 0.29) is 10.8 Å². The van der Waals surface area contributed by atoms with Crippen LogP contribution in [-0.4, -0.2) is 14.7 Å². The zero-order valence-corrected chi connectivity index (χ0v) is 14.6. The van der Waals surface area contributed by atoms with Crippen LogP contribution in [0.5, 0.6) is 0 Å². The first-order valence-corrected chi connectivity index (χ1v) is 7.83. The Bertz CT molecular complexity index is 600. The molecule has 0 saturated heterocycles. The predicted octanol–water partition coefficient (Wildman–Crippen LogP) is 4.11. The molecule has 1 N–H and O–H groups in total. The van der Waals surface area contributed by atoms with Crippen LogP contribution in [0.2, 0.25) is 0 Å². The van der Waals surface area contributed by atoms with Gasteiger partial charge in [-0.2, -0.15) is 0 Å². The maximum Gasteiger partial charge on any atom is 0.112 e. The summed E-state index contributed by atoms with van der Waals surface area (Å²) in [4.78, 5) is 4.08. The Morgan fingerprint density at radius 2 is 1.50 bits per heavy atom. The lowest BCUT2D eigenvalue weighted by molar-refractivity contribution is -0.0781. The standard InChI is InChI=1S/C19H28N2O/c1-17(2,3)15-7-9-16(10-8-15)19(22,18(4,5)6)13-21-12-11-20-14-21/h7-12,14,22H,13H2,1-6H3. The van der Waals surface area contributed by atoms with E-state index in [1.54, 1.807) is 12.5 Å². The van der Waals surface area contributed by atoms with Crippen molar-refractivity contribution in [1.29, 1.82) is 0 Å². The molecule has 0 aliphatic carbocycles. The number of aromatic nitrogens is 2. The number of benzene rings is 1. The number of hydrogen-bond donors (Lipinski definition) is 1. The van der Waals surface area contributed by atoms with Crippen molar-refractivity contribution >= 4 is 0 Å². The highest BCUT2D eigenvalue weighted by Gasteiger charge is 2.42. The van der Waals surface area contributed by atoms with Crippen LogP contribution in [0.15, 0.2) is 43.0 Å². The van der Waals surface area contributed by atoms with Crippen LogP contribution in [0.3, 0.4) is 0 Å². The first-order valence-electron chi connectivity index (χ1n) is 7.83. The fourth-order valence-corrected chi connectivity index (χ4v) is 2.65. The third-order valence-corrected chi connectivity index (χ3v) is 4.44. The highest BCUT2D eigenvalue weighted by Crippen LogP contribution is 2.41. The van der Waals surface area contributed by atoms with E-state index in [9.17, 15) is 5.11 Å². The van der Waals surface area contributed by atoms with Crippen LogP contribution in [0.4, 0.5) is 0 Å². The predicted molar refractivity (Wildman–Crippen MR) is 90.7 cm³/mol. The van der Waals surface area contributed by atoms with Gasteiger partial charge in [0.15, 0.2) is 0 Å². The zero-order valence-electron chi connectivity index (χ0n) is 14.6. The van der Waals surface area contributed by atoms with Gasteiger partial charge < -0.3 is 9.67 Å². The fraction of sp³-hybridized carbons (Fsp3) is 0.526. The Hall–Kier alpha value is -1.61. The summed E-state index contributed by atoms with van der Waals surface area (Å²) in [5, 5.41) is 11.4. The monoisotopic (exact) mass is 300 g/mol. The Balaban J connectivity index is 2.42. The van der Waals surface area contributed by atoms with Crippen LogP contribution in [0.25, 0.3) is 0 Å². The lowest BCUT2D eigenvalue weighted by Gasteiger charge is -2.41. The summed E-state index contributed by atoms with van der Waals surface area (Å²) in [5.74, 6) is 0. The van der Waals surface area contributed by atoms with Crippen molar-refractivity contribution in [3.05, 3.63) is 54.1 Å². The van der Waals surface area contributed by atoms with Gasteiger partial charge >= 0.3 is 0 Å². The second-order valence-corrected chi connectivity index (χ2v) is 8.17. The lowest BCUT2D eigenvalue weighted by atomic mass is 9.71. The molecule has 0 radical (unpaired) electrons.